The summed E-state index contributed by atoms with van der Waals surface area (Å²) < 4.78 is 13.4. The maximum atomic E-state index is 6.82. The summed E-state index contributed by atoms with van der Waals surface area (Å²) in [5.74, 6) is 3.57. The van der Waals surface area contributed by atoms with E-state index < -0.39 is 0 Å². The summed E-state index contributed by atoms with van der Waals surface area (Å²) in [7, 11) is 0. The van der Waals surface area contributed by atoms with E-state index in [0.717, 1.165) is 45.5 Å². The van der Waals surface area contributed by atoms with Gasteiger partial charge >= 0.3 is 0 Å². The van der Waals surface area contributed by atoms with Crippen LogP contribution in [-0.4, -0.2) is 6.71 Å². The minimum atomic E-state index is -0.231. The highest BCUT2D eigenvalue weighted by molar-refractivity contribution is 6.99. The van der Waals surface area contributed by atoms with Crippen LogP contribution in [0, 0.1) is 0 Å². The monoisotopic (exact) mass is 703 g/mol. The van der Waals surface area contributed by atoms with E-state index in [0.29, 0.717) is 0 Å². The maximum Gasteiger partial charge on any atom is 0.261 e. The smallest absolute Gasteiger partial charge is 0.261 e. The van der Waals surface area contributed by atoms with Crippen molar-refractivity contribution in [1.29, 1.82) is 0 Å². The van der Waals surface area contributed by atoms with Crippen LogP contribution in [0.15, 0.2) is 170 Å². The van der Waals surface area contributed by atoms with Crippen molar-refractivity contribution in [3.8, 4) is 34.1 Å². The van der Waals surface area contributed by atoms with Gasteiger partial charge in [-0.15, -0.1) is 0 Å². The highest BCUT2D eigenvalue weighted by atomic mass is 16.5. The Hall–Kier alpha value is -6.78. The number of benzene rings is 9. The second-order valence-corrected chi connectivity index (χ2v) is 15.7. The van der Waals surface area contributed by atoms with E-state index >= 15 is 0 Å². The van der Waals surface area contributed by atoms with Gasteiger partial charge in [-0.1, -0.05) is 117 Å². The number of hydrogen-bond donors (Lipinski definition) is 0. The van der Waals surface area contributed by atoms with E-state index in [-0.39, 0.29) is 12.1 Å². The zero-order chi connectivity index (χ0) is 36.4. The normalized spacial score (nSPS) is 14.0. The molecule has 0 N–H and O–H groups in total. The third kappa shape index (κ3) is 4.34. The van der Waals surface area contributed by atoms with Crippen LogP contribution in [0.2, 0.25) is 0 Å². The summed E-state index contributed by atoms with van der Waals surface area (Å²) in [5.41, 5.74) is 11.9. The Balaban J connectivity index is 1.03. The summed E-state index contributed by atoms with van der Waals surface area (Å²) in [4.78, 5) is 2.39. The van der Waals surface area contributed by atoms with Crippen molar-refractivity contribution in [3.05, 3.63) is 181 Å². The summed E-state index contributed by atoms with van der Waals surface area (Å²) in [6.07, 6.45) is 0. The van der Waals surface area contributed by atoms with Crippen LogP contribution in [-0.2, 0) is 5.41 Å². The van der Waals surface area contributed by atoms with Crippen molar-refractivity contribution in [3.63, 3.8) is 0 Å². The molecule has 9 aromatic carbocycles. The lowest BCUT2D eigenvalue weighted by molar-refractivity contribution is 0.465. The molecule has 3 nitrogen and oxygen atoms in total. The Morgan fingerprint density at radius 1 is 0.436 bits per heavy atom. The minimum absolute atomic E-state index is 0.00530. The first-order valence-electron chi connectivity index (χ1n) is 19.1. The quantitative estimate of drug-likeness (QED) is 0.171. The summed E-state index contributed by atoms with van der Waals surface area (Å²) in [5, 5.41) is 7.32. The number of anilines is 3. The molecule has 258 valence electrons. The fraction of sp³-hybridized carbons (Fsp3) is 0.0588. The fourth-order valence-corrected chi connectivity index (χ4v) is 9.71. The fourth-order valence-electron chi connectivity index (χ4n) is 9.71. The van der Waals surface area contributed by atoms with Gasteiger partial charge in [-0.25, -0.2) is 0 Å². The van der Waals surface area contributed by atoms with Gasteiger partial charge in [-0.2, -0.15) is 0 Å². The lowest BCUT2D eigenvalue weighted by Gasteiger charge is -2.34. The van der Waals surface area contributed by atoms with Crippen molar-refractivity contribution >= 4 is 72.5 Å². The number of nitrogens with zero attached hydrogens (tertiary/aromatic N) is 1. The predicted octanol–water partition coefficient (Wildman–Crippen LogP) is 11.6. The molecule has 12 rings (SSSR count). The van der Waals surface area contributed by atoms with E-state index in [1.54, 1.807) is 0 Å². The molecule has 0 unspecified atom stereocenters. The number of fused-ring (bicyclic) bond motifs is 11. The van der Waals surface area contributed by atoms with Crippen LogP contribution in [0.4, 0.5) is 17.1 Å². The Bertz CT molecular complexity index is 3090. The first-order valence-corrected chi connectivity index (χ1v) is 19.1. The van der Waals surface area contributed by atoms with Crippen molar-refractivity contribution in [2.24, 2.45) is 0 Å². The number of rotatable bonds is 3. The standard InChI is InChI=1S/C51H34BNO2/c1-51(2)41-28-34-26-36(53(35-15-4-3-5-16-35)44-19-10-14-31-12-6-8-17-37(31)44)24-22-33(34)27-39(41)40-29-48-43(30-42(40)51)52-49-38-18-9-7-13-32(38)23-25-47(49)54-45-20-11-21-46(55-48)50(45)52/h3-30H,1-2H3. The van der Waals surface area contributed by atoms with Gasteiger partial charge in [0.25, 0.3) is 6.71 Å². The Morgan fingerprint density at radius 3 is 1.91 bits per heavy atom. The molecule has 0 fully saturated rings. The highest BCUT2D eigenvalue weighted by Gasteiger charge is 2.44. The van der Waals surface area contributed by atoms with Gasteiger partial charge in [0.1, 0.15) is 23.0 Å². The molecule has 0 amide bonds. The van der Waals surface area contributed by atoms with E-state index in [2.05, 4.69) is 183 Å². The molecule has 0 saturated carbocycles. The zero-order valence-electron chi connectivity index (χ0n) is 30.5. The molecule has 0 saturated heterocycles. The molecular weight excluding hydrogens is 669 g/mol. The van der Waals surface area contributed by atoms with Gasteiger partial charge in [-0.3, -0.25) is 0 Å². The average molecular weight is 704 g/mol. The Morgan fingerprint density at radius 2 is 1.07 bits per heavy atom. The molecule has 0 aromatic heterocycles. The molecule has 2 heterocycles. The van der Waals surface area contributed by atoms with Crippen LogP contribution in [0.1, 0.15) is 25.0 Å². The van der Waals surface area contributed by atoms with Gasteiger partial charge in [0.15, 0.2) is 0 Å². The van der Waals surface area contributed by atoms with Gasteiger partial charge in [0.2, 0.25) is 0 Å². The molecule has 55 heavy (non-hydrogen) atoms. The lowest BCUT2D eigenvalue weighted by Crippen LogP contribution is -2.57. The second kappa shape index (κ2) is 11.1. The summed E-state index contributed by atoms with van der Waals surface area (Å²) in [6.45, 7) is 4.75. The molecular formula is C51H34BNO2. The van der Waals surface area contributed by atoms with E-state index in [4.69, 9.17) is 9.47 Å². The number of ether oxygens (including phenoxy) is 2. The summed E-state index contributed by atoms with van der Waals surface area (Å²) >= 11 is 0. The molecule has 0 spiro atoms. The van der Waals surface area contributed by atoms with Gasteiger partial charge in [-0.05, 0) is 127 Å². The first-order chi connectivity index (χ1) is 27.0. The highest BCUT2D eigenvalue weighted by Crippen LogP contribution is 2.52. The van der Waals surface area contributed by atoms with Crippen molar-refractivity contribution < 1.29 is 9.47 Å². The predicted molar refractivity (Wildman–Crippen MR) is 229 cm³/mol. The lowest BCUT2D eigenvalue weighted by atomic mass is 9.34. The average Bonchev–Trinajstić information content (AvgIpc) is 3.43. The molecule has 9 aromatic rings. The zero-order valence-corrected chi connectivity index (χ0v) is 30.5. The molecule has 4 heteroatoms. The van der Waals surface area contributed by atoms with Crippen molar-refractivity contribution in [2.75, 3.05) is 4.90 Å². The molecule has 0 atom stereocenters. The van der Waals surface area contributed by atoms with Crippen molar-refractivity contribution in [2.45, 2.75) is 19.3 Å². The Kier molecular flexibility index (Phi) is 6.20. The van der Waals surface area contributed by atoms with Gasteiger partial charge < -0.3 is 14.4 Å². The van der Waals surface area contributed by atoms with Crippen LogP contribution in [0.5, 0.6) is 23.0 Å². The van der Waals surface area contributed by atoms with E-state index in [1.807, 2.05) is 6.07 Å². The third-order valence-electron chi connectivity index (χ3n) is 12.3. The van der Waals surface area contributed by atoms with Gasteiger partial charge in [0, 0.05) is 27.6 Å². The topological polar surface area (TPSA) is 21.7 Å². The van der Waals surface area contributed by atoms with Crippen LogP contribution in [0.25, 0.3) is 43.4 Å². The Labute approximate surface area is 320 Å². The van der Waals surface area contributed by atoms with Crippen LogP contribution in [0.3, 0.4) is 0 Å². The third-order valence-corrected chi connectivity index (χ3v) is 12.3. The molecule has 2 aliphatic heterocycles. The summed E-state index contributed by atoms with van der Waals surface area (Å²) in [6, 6.07) is 61.6. The minimum Gasteiger partial charge on any atom is -0.458 e. The second-order valence-electron chi connectivity index (χ2n) is 15.7. The molecule has 1 aliphatic carbocycles. The molecule has 3 aliphatic rings. The molecule has 0 radical (unpaired) electrons. The molecule has 0 bridgehead atoms. The number of hydrogen-bond acceptors (Lipinski definition) is 3. The van der Waals surface area contributed by atoms with E-state index in [9.17, 15) is 0 Å². The van der Waals surface area contributed by atoms with Crippen LogP contribution >= 0.6 is 0 Å². The largest absolute Gasteiger partial charge is 0.458 e. The number of para-hydroxylation sites is 1. The maximum absolute atomic E-state index is 6.82. The van der Waals surface area contributed by atoms with Crippen molar-refractivity contribution in [1.82, 2.24) is 0 Å². The van der Waals surface area contributed by atoms with Crippen LogP contribution < -0.4 is 30.8 Å². The first kappa shape index (κ1) is 30.7. The van der Waals surface area contributed by atoms with E-state index in [1.165, 1.54) is 65.5 Å². The SMILES string of the molecule is CC1(C)c2cc3c(cc2-c2cc4ccc(N(c5ccccc5)c5cccc6ccccc56)cc4cc21)Oc1cccc2c1B3c1c(ccc3ccccc13)O2. The van der Waals surface area contributed by atoms with Gasteiger partial charge in [0.05, 0.1) is 5.69 Å².